The lowest BCUT2D eigenvalue weighted by atomic mass is 9.87. The van der Waals surface area contributed by atoms with Gasteiger partial charge in [0.1, 0.15) is 0 Å². The van der Waals surface area contributed by atoms with E-state index in [0.717, 1.165) is 17.8 Å². The molecule has 1 heterocycles. The molecule has 2 aliphatic rings. The number of aromatic nitrogens is 2. The van der Waals surface area contributed by atoms with Crippen LogP contribution in [0.3, 0.4) is 0 Å². The molecule has 0 radical (unpaired) electrons. The molecule has 0 amide bonds. The van der Waals surface area contributed by atoms with E-state index in [4.69, 9.17) is 0 Å². The number of hydrogen-bond donors (Lipinski definition) is 1. The van der Waals surface area contributed by atoms with Crippen LogP contribution in [0.5, 0.6) is 0 Å². The first-order valence-corrected chi connectivity index (χ1v) is 7.49. The molecule has 0 aliphatic heterocycles. The van der Waals surface area contributed by atoms with Crippen LogP contribution >= 0.6 is 0 Å². The third-order valence-corrected chi connectivity index (χ3v) is 5.23. The lowest BCUT2D eigenvalue weighted by Gasteiger charge is -2.29. The summed E-state index contributed by atoms with van der Waals surface area (Å²) in [6, 6.07) is 0.960. The Morgan fingerprint density at radius 3 is 2.63 bits per heavy atom. The predicted molar refractivity (Wildman–Crippen MR) is 77.8 cm³/mol. The molecule has 3 rings (SSSR count). The van der Waals surface area contributed by atoms with Crippen LogP contribution in [0.15, 0.2) is 18.3 Å². The van der Waals surface area contributed by atoms with Crippen molar-refractivity contribution in [3.63, 3.8) is 0 Å². The molecule has 104 valence electrons. The van der Waals surface area contributed by atoms with Crippen molar-refractivity contribution in [2.75, 3.05) is 0 Å². The highest BCUT2D eigenvalue weighted by molar-refractivity contribution is 5.20. The van der Waals surface area contributed by atoms with Crippen LogP contribution in [0.25, 0.3) is 0 Å². The van der Waals surface area contributed by atoms with E-state index in [1.54, 1.807) is 0 Å². The Labute approximate surface area is 116 Å². The third kappa shape index (κ3) is 2.25. The van der Waals surface area contributed by atoms with Gasteiger partial charge in [0.25, 0.3) is 0 Å². The van der Waals surface area contributed by atoms with Gasteiger partial charge in [-0.05, 0) is 51.4 Å². The highest BCUT2D eigenvalue weighted by Gasteiger charge is 2.38. The van der Waals surface area contributed by atoms with Gasteiger partial charge in [0.15, 0.2) is 0 Å². The molecule has 2 aliphatic carbocycles. The summed E-state index contributed by atoms with van der Waals surface area (Å²) in [6.07, 6.45) is 9.62. The molecule has 0 aromatic carbocycles. The van der Waals surface area contributed by atoms with Crippen LogP contribution in [0.2, 0.25) is 0 Å². The number of nitrogens with zero attached hydrogens (tertiary/aromatic N) is 2. The van der Waals surface area contributed by atoms with E-state index in [-0.39, 0.29) is 0 Å². The molecule has 1 saturated carbocycles. The van der Waals surface area contributed by atoms with Gasteiger partial charge in [0.05, 0.1) is 6.20 Å². The minimum atomic E-state index is 0.381. The van der Waals surface area contributed by atoms with E-state index in [2.05, 4.69) is 43.3 Å². The Hall–Kier alpha value is -1.09. The first kappa shape index (κ1) is 12.9. The molecule has 19 heavy (non-hydrogen) atoms. The molecule has 1 aromatic rings. The normalized spacial score (nSPS) is 31.9. The lowest BCUT2D eigenvalue weighted by Crippen LogP contribution is -2.37. The van der Waals surface area contributed by atoms with Crippen molar-refractivity contribution in [3.05, 3.63) is 29.6 Å². The van der Waals surface area contributed by atoms with Crippen LogP contribution in [0.4, 0.5) is 0 Å². The van der Waals surface area contributed by atoms with Gasteiger partial charge in [-0.3, -0.25) is 4.68 Å². The summed E-state index contributed by atoms with van der Waals surface area (Å²) in [5.74, 6) is 2.49. The summed E-state index contributed by atoms with van der Waals surface area (Å²) in [7, 11) is 2.01. The second-order valence-electron chi connectivity index (χ2n) is 6.43. The van der Waals surface area contributed by atoms with Gasteiger partial charge >= 0.3 is 0 Å². The van der Waals surface area contributed by atoms with Gasteiger partial charge in [0.2, 0.25) is 0 Å². The number of fused-ring (bicyclic) bond motifs is 2. The van der Waals surface area contributed by atoms with Crippen molar-refractivity contribution in [2.45, 2.75) is 45.7 Å². The zero-order valence-electron chi connectivity index (χ0n) is 12.4. The summed E-state index contributed by atoms with van der Waals surface area (Å²) >= 11 is 0. The maximum absolute atomic E-state index is 4.35. The fourth-order valence-electron chi connectivity index (χ4n) is 3.95. The summed E-state index contributed by atoms with van der Waals surface area (Å²) in [6.45, 7) is 6.75. The van der Waals surface area contributed by atoms with Gasteiger partial charge in [-0.25, -0.2) is 0 Å². The van der Waals surface area contributed by atoms with E-state index in [1.807, 2.05) is 17.9 Å². The fraction of sp³-hybridized carbons (Fsp3) is 0.688. The zero-order chi connectivity index (χ0) is 13.6. The molecule has 0 saturated heterocycles. The lowest BCUT2D eigenvalue weighted by molar-refractivity contribution is 0.307. The van der Waals surface area contributed by atoms with Gasteiger partial charge in [-0.2, -0.15) is 5.10 Å². The van der Waals surface area contributed by atoms with Gasteiger partial charge in [-0.1, -0.05) is 12.2 Å². The molecule has 1 aromatic heterocycles. The predicted octanol–water partition coefficient (Wildman–Crippen LogP) is 2.98. The Bertz CT molecular complexity index is 488. The third-order valence-electron chi connectivity index (χ3n) is 5.23. The minimum Gasteiger partial charge on any atom is -0.307 e. The highest BCUT2D eigenvalue weighted by Crippen LogP contribution is 2.45. The minimum absolute atomic E-state index is 0.381. The highest BCUT2D eigenvalue weighted by atomic mass is 15.3. The smallest absolute Gasteiger partial charge is 0.0540 e. The molecule has 2 bridgehead atoms. The Morgan fingerprint density at radius 1 is 1.32 bits per heavy atom. The molecule has 5 atom stereocenters. The van der Waals surface area contributed by atoms with Gasteiger partial charge < -0.3 is 5.32 Å². The van der Waals surface area contributed by atoms with E-state index < -0.39 is 0 Å². The average Bonchev–Trinajstić information content (AvgIpc) is 3.06. The maximum Gasteiger partial charge on any atom is 0.0540 e. The number of nitrogens with one attached hydrogen (secondary N) is 1. The summed E-state index contributed by atoms with van der Waals surface area (Å²) in [5.41, 5.74) is 2.59. The molecule has 1 N–H and O–H groups in total. The van der Waals surface area contributed by atoms with Gasteiger partial charge in [0, 0.05) is 30.4 Å². The fourth-order valence-corrected chi connectivity index (χ4v) is 3.95. The number of aryl methyl sites for hydroxylation is 1. The second-order valence-corrected chi connectivity index (χ2v) is 6.43. The number of allylic oxidation sites excluding steroid dienone is 2. The average molecular weight is 259 g/mol. The first-order valence-electron chi connectivity index (χ1n) is 7.49. The zero-order valence-corrected chi connectivity index (χ0v) is 12.4. The second kappa shape index (κ2) is 4.78. The van der Waals surface area contributed by atoms with Crippen molar-refractivity contribution < 1.29 is 0 Å². The van der Waals surface area contributed by atoms with E-state index in [1.165, 1.54) is 24.1 Å². The van der Waals surface area contributed by atoms with Crippen molar-refractivity contribution in [1.82, 2.24) is 15.1 Å². The molecule has 3 heteroatoms. The monoisotopic (exact) mass is 259 g/mol. The number of rotatable bonds is 4. The molecular weight excluding hydrogens is 234 g/mol. The summed E-state index contributed by atoms with van der Waals surface area (Å²) < 4.78 is 1.96. The molecule has 3 nitrogen and oxygen atoms in total. The van der Waals surface area contributed by atoms with Crippen molar-refractivity contribution >= 4 is 0 Å². The van der Waals surface area contributed by atoms with Crippen LogP contribution < -0.4 is 5.32 Å². The van der Waals surface area contributed by atoms with Crippen molar-refractivity contribution in [2.24, 2.45) is 24.8 Å². The Kier molecular flexibility index (Phi) is 3.25. The number of hydrogen-bond acceptors (Lipinski definition) is 2. The van der Waals surface area contributed by atoms with Crippen molar-refractivity contribution in [1.29, 1.82) is 0 Å². The van der Waals surface area contributed by atoms with Gasteiger partial charge in [-0.15, -0.1) is 0 Å². The maximum atomic E-state index is 4.35. The molecule has 1 fully saturated rings. The Morgan fingerprint density at radius 2 is 2.11 bits per heavy atom. The molecule has 5 unspecified atom stereocenters. The summed E-state index contributed by atoms with van der Waals surface area (Å²) in [4.78, 5) is 0. The first-order chi connectivity index (χ1) is 9.06. The summed E-state index contributed by atoms with van der Waals surface area (Å²) in [5, 5.41) is 8.14. The van der Waals surface area contributed by atoms with E-state index >= 15 is 0 Å². The molecular formula is C16H25N3. The topological polar surface area (TPSA) is 29.9 Å². The quantitative estimate of drug-likeness (QED) is 0.842. The van der Waals surface area contributed by atoms with Crippen LogP contribution in [-0.2, 0) is 7.05 Å². The van der Waals surface area contributed by atoms with Crippen LogP contribution in [0.1, 0.15) is 44.0 Å². The SMILES string of the molecule is Cc1c(C(C)NC(C)C2CC3C=CC2C3)cnn1C. The van der Waals surface area contributed by atoms with Crippen LogP contribution in [-0.4, -0.2) is 15.8 Å². The Balaban J connectivity index is 1.65. The van der Waals surface area contributed by atoms with E-state index in [9.17, 15) is 0 Å². The van der Waals surface area contributed by atoms with E-state index in [0.29, 0.717) is 12.1 Å². The van der Waals surface area contributed by atoms with Crippen molar-refractivity contribution in [3.8, 4) is 0 Å². The molecule has 0 spiro atoms. The largest absolute Gasteiger partial charge is 0.307 e. The van der Waals surface area contributed by atoms with Crippen LogP contribution in [0, 0.1) is 24.7 Å². The standard InChI is InChI=1S/C16H25N3/c1-10(15-8-13-5-6-14(15)7-13)18-11(2)16-9-17-19(4)12(16)3/h5-6,9-11,13-15,18H,7-8H2,1-4H3.